The highest BCUT2D eigenvalue weighted by Crippen LogP contribution is 2.18. The minimum absolute atomic E-state index is 0.0230. The van der Waals surface area contributed by atoms with E-state index in [2.05, 4.69) is 15.4 Å². The van der Waals surface area contributed by atoms with Crippen LogP contribution in [0, 0.1) is 5.92 Å². The Morgan fingerprint density at radius 1 is 1.56 bits per heavy atom. The lowest BCUT2D eigenvalue weighted by Crippen LogP contribution is -2.34. The molecule has 0 fully saturated rings. The first-order chi connectivity index (χ1) is 8.56. The molecular formula is C12H22N4O2. The van der Waals surface area contributed by atoms with Gasteiger partial charge in [-0.1, -0.05) is 13.8 Å². The third-order valence-corrected chi connectivity index (χ3v) is 2.69. The van der Waals surface area contributed by atoms with Crippen molar-refractivity contribution in [2.75, 3.05) is 13.2 Å². The molecule has 0 saturated carbocycles. The summed E-state index contributed by atoms with van der Waals surface area (Å²) in [5.41, 5.74) is 0. The molecule has 6 heteroatoms. The third-order valence-electron chi connectivity index (χ3n) is 2.69. The van der Waals surface area contributed by atoms with Crippen LogP contribution in [-0.4, -0.2) is 33.9 Å². The van der Waals surface area contributed by atoms with E-state index in [0.717, 1.165) is 5.82 Å². The van der Waals surface area contributed by atoms with E-state index >= 15 is 0 Å². The molecule has 0 saturated heterocycles. The summed E-state index contributed by atoms with van der Waals surface area (Å²) in [5, 5.41) is 7.01. The van der Waals surface area contributed by atoms with Gasteiger partial charge in [-0.05, 0) is 12.8 Å². The molecule has 1 amide bonds. The van der Waals surface area contributed by atoms with Gasteiger partial charge in [-0.15, -0.1) is 0 Å². The first-order valence-corrected chi connectivity index (χ1v) is 6.27. The molecule has 1 aromatic heterocycles. The van der Waals surface area contributed by atoms with Crippen molar-refractivity contribution in [2.24, 2.45) is 13.0 Å². The van der Waals surface area contributed by atoms with E-state index in [1.165, 1.54) is 6.33 Å². The van der Waals surface area contributed by atoms with E-state index in [-0.39, 0.29) is 17.9 Å². The minimum Gasteiger partial charge on any atom is -0.381 e. The van der Waals surface area contributed by atoms with Crippen LogP contribution in [0.2, 0.25) is 0 Å². The van der Waals surface area contributed by atoms with E-state index in [1.54, 1.807) is 4.68 Å². The summed E-state index contributed by atoms with van der Waals surface area (Å²) in [6.45, 7) is 7.08. The summed E-state index contributed by atoms with van der Waals surface area (Å²) < 4.78 is 6.85. The van der Waals surface area contributed by atoms with Gasteiger partial charge in [0, 0.05) is 20.1 Å². The van der Waals surface area contributed by atoms with Crippen LogP contribution in [0.5, 0.6) is 0 Å². The number of carbonyl (C=O) groups is 1. The maximum atomic E-state index is 11.8. The van der Waals surface area contributed by atoms with Gasteiger partial charge >= 0.3 is 0 Å². The summed E-state index contributed by atoms with van der Waals surface area (Å²) in [5.74, 6) is 1.00. The van der Waals surface area contributed by atoms with Crippen molar-refractivity contribution in [2.45, 2.75) is 33.2 Å². The van der Waals surface area contributed by atoms with Gasteiger partial charge in [0.1, 0.15) is 12.2 Å². The lowest BCUT2D eigenvalue weighted by Gasteiger charge is -2.21. The molecule has 0 spiro atoms. The smallest absolute Gasteiger partial charge is 0.222 e. The Labute approximate surface area is 108 Å². The first-order valence-electron chi connectivity index (χ1n) is 6.27. The molecule has 1 rings (SSSR count). The maximum absolute atomic E-state index is 11.8. The molecule has 18 heavy (non-hydrogen) atoms. The number of carbonyl (C=O) groups excluding carboxylic acids is 1. The lowest BCUT2D eigenvalue weighted by molar-refractivity contribution is -0.123. The standard InChI is InChI=1S/C12H22N4O2/c1-5-18-7-6-10(17)15-11(9(2)3)12-13-8-14-16(12)4/h8-9,11H,5-7H2,1-4H3,(H,15,17). The van der Waals surface area contributed by atoms with Crippen molar-refractivity contribution in [1.29, 1.82) is 0 Å². The zero-order chi connectivity index (χ0) is 13.5. The van der Waals surface area contributed by atoms with Gasteiger partial charge in [-0.25, -0.2) is 4.98 Å². The molecule has 102 valence electrons. The second kappa shape index (κ2) is 7.10. The Hall–Kier alpha value is -1.43. The first kappa shape index (κ1) is 14.6. The van der Waals surface area contributed by atoms with Gasteiger partial charge in [0.05, 0.1) is 12.6 Å². The Kier molecular flexibility index (Phi) is 5.77. The molecule has 6 nitrogen and oxygen atoms in total. The van der Waals surface area contributed by atoms with E-state index in [0.29, 0.717) is 19.6 Å². The van der Waals surface area contributed by atoms with Crippen LogP contribution in [0.25, 0.3) is 0 Å². The SMILES string of the molecule is CCOCCC(=O)NC(c1ncnn1C)C(C)C. The summed E-state index contributed by atoms with van der Waals surface area (Å²) in [6.07, 6.45) is 1.87. The molecule has 0 aliphatic heterocycles. The predicted octanol–water partition coefficient (Wildman–Crippen LogP) is 1.05. The molecule has 1 heterocycles. The number of rotatable bonds is 7. The molecule has 1 aromatic rings. The molecular weight excluding hydrogens is 232 g/mol. The molecule has 0 aliphatic rings. The average molecular weight is 254 g/mol. The Bertz CT molecular complexity index is 376. The van der Waals surface area contributed by atoms with Crippen molar-refractivity contribution in [3.8, 4) is 0 Å². The van der Waals surface area contributed by atoms with E-state index in [9.17, 15) is 4.79 Å². The van der Waals surface area contributed by atoms with Crippen LogP contribution in [0.1, 0.15) is 39.1 Å². The molecule has 1 unspecified atom stereocenters. The summed E-state index contributed by atoms with van der Waals surface area (Å²) in [6, 6.07) is -0.119. The minimum atomic E-state index is -0.119. The lowest BCUT2D eigenvalue weighted by atomic mass is 10.0. The van der Waals surface area contributed by atoms with Crippen LogP contribution >= 0.6 is 0 Å². The molecule has 1 N–H and O–H groups in total. The zero-order valence-electron chi connectivity index (χ0n) is 11.5. The van der Waals surface area contributed by atoms with Crippen molar-refractivity contribution in [3.05, 3.63) is 12.2 Å². The molecule has 0 bridgehead atoms. The molecule has 0 aromatic carbocycles. The molecule has 0 radical (unpaired) electrons. The third kappa shape index (κ3) is 4.10. The van der Waals surface area contributed by atoms with Crippen LogP contribution in [0.4, 0.5) is 0 Å². The van der Waals surface area contributed by atoms with Crippen molar-refractivity contribution in [1.82, 2.24) is 20.1 Å². The van der Waals surface area contributed by atoms with Crippen molar-refractivity contribution < 1.29 is 9.53 Å². The Morgan fingerprint density at radius 2 is 2.28 bits per heavy atom. The van der Waals surface area contributed by atoms with Crippen LogP contribution < -0.4 is 5.32 Å². The zero-order valence-corrected chi connectivity index (χ0v) is 11.5. The van der Waals surface area contributed by atoms with Crippen molar-refractivity contribution >= 4 is 5.91 Å². The van der Waals surface area contributed by atoms with Crippen LogP contribution in [0.15, 0.2) is 6.33 Å². The normalized spacial score (nSPS) is 12.7. The van der Waals surface area contributed by atoms with E-state index < -0.39 is 0 Å². The number of nitrogens with one attached hydrogen (secondary N) is 1. The summed E-state index contributed by atoms with van der Waals surface area (Å²) in [4.78, 5) is 16.0. The van der Waals surface area contributed by atoms with Gasteiger partial charge in [0.15, 0.2) is 0 Å². The van der Waals surface area contributed by atoms with Gasteiger partial charge in [-0.3, -0.25) is 9.48 Å². The fourth-order valence-corrected chi connectivity index (χ4v) is 1.67. The molecule has 0 aliphatic carbocycles. The van der Waals surface area contributed by atoms with Gasteiger partial charge in [0.25, 0.3) is 0 Å². The monoisotopic (exact) mass is 254 g/mol. The Balaban J connectivity index is 2.59. The number of nitrogens with zero attached hydrogens (tertiary/aromatic N) is 3. The maximum Gasteiger partial charge on any atom is 0.222 e. The van der Waals surface area contributed by atoms with E-state index in [4.69, 9.17) is 4.74 Å². The summed E-state index contributed by atoms with van der Waals surface area (Å²) >= 11 is 0. The van der Waals surface area contributed by atoms with Crippen molar-refractivity contribution in [3.63, 3.8) is 0 Å². The van der Waals surface area contributed by atoms with Gasteiger partial charge in [0.2, 0.25) is 5.91 Å². The highest BCUT2D eigenvalue weighted by molar-refractivity contribution is 5.76. The quantitative estimate of drug-likeness (QED) is 0.739. The predicted molar refractivity (Wildman–Crippen MR) is 67.8 cm³/mol. The Morgan fingerprint density at radius 3 is 2.78 bits per heavy atom. The number of aromatic nitrogens is 3. The highest BCUT2D eigenvalue weighted by atomic mass is 16.5. The number of ether oxygens (including phenoxy) is 1. The number of hydrogen-bond acceptors (Lipinski definition) is 4. The fraction of sp³-hybridized carbons (Fsp3) is 0.750. The number of hydrogen-bond donors (Lipinski definition) is 1. The molecule has 1 atom stereocenters. The second-order valence-corrected chi connectivity index (χ2v) is 4.48. The second-order valence-electron chi connectivity index (χ2n) is 4.48. The van der Waals surface area contributed by atoms with Gasteiger partial charge in [-0.2, -0.15) is 5.10 Å². The van der Waals surface area contributed by atoms with Crippen LogP contribution in [-0.2, 0) is 16.6 Å². The fourth-order valence-electron chi connectivity index (χ4n) is 1.67. The van der Waals surface area contributed by atoms with Crippen LogP contribution in [0.3, 0.4) is 0 Å². The highest BCUT2D eigenvalue weighted by Gasteiger charge is 2.22. The topological polar surface area (TPSA) is 69.0 Å². The number of amides is 1. The average Bonchev–Trinajstić information content (AvgIpc) is 2.72. The van der Waals surface area contributed by atoms with E-state index in [1.807, 2.05) is 27.8 Å². The van der Waals surface area contributed by atoms with Gasteiger partial charge < -0.3 is 10.1 Å². The largest absolute Gasteiger partial charge is 0.381 e. The number of aryl methyl sites for hydroxylation is 1. The summed E-state index contributed by atoms with van der Waals surface area (Å²) in [7, 11) is 1.82.